The first-order chi connectivity index (χ1) is 25.5. The zero-order valence-electron chi connectivity index (χ0n) is 31.2. The number of hydrogen-bond acceptors (Lipinski definition) is 8. The zero-order valence-corrected chi connectivity index (χ0v) is 31.2. The highest BCUT2D eigenvalue weighted by molar-refractivity contribution is 6.32. The summed E-state index contributed by atoms with van der Waals surface area (Å²) in [6, 6.07) is 11.4. The number of amides is 5. The maximum Gasteiger partial charge on any atom is 0.410 e. The van der Waals surface area contributed by atoms with Crippen molar-refractivity contribution in [3.8, 4) is 5.75 Å². The number of phenols is 1. The number of esters is 1. The first kappa shape index (κ1) is 37.9. The average Bonchev–Trinajstić information content (AvgIpc) is 3.34. The number of phenolic OH excluding ortho intramolecular Hbond substituents is 1. The van der Waals surface area contributed by atoms with E-state index in [2.05, 4.69) is 5.32 Å². The van der Waals surface area contributed by atoms with Crippen molar-refractivity contribution in [3.05, 3.63) is 58.7 Å². The lowest BCUT2D eigenvalue weighted by Crippen LogP contribution is -2.52. The summed E-state index contributed by atoms with van der Waals surface area (Å²) in [5, 5.41) is 13.4. The van der Waals surface area contributed by atoms with Gasteiger partial charge in [-0.2, -0.15) is 0 Å². The number of carbonyl (C=O) groups is 5. The van der Waals surface area contributed by atoms with Gasteiger partial charge >= 0.3 is 24.0 Å². The molecule has 3 saturated heterocycles. The second-order valence-electron chi connectivity index (χ2n) is 14.9. The van der Waals surface area contributed by atoms with Gasteiger partial charge in [0.05, 0.1) is 6.61 Å². The smallest absolute Gasteiger partial charge is 0.410 e. The third kappa shape index (κ3) is 8.88. The van der Waals surface area contributed by atoms with Crippen LogP contribution in [0.3, 0.4) is 0 Å². The van der Waals surface area contributed by atoms with E-state index < -0.39 is 24.1 Å². The van der Waals surface area contributed by atoms with Crippen LogP contribution in [0.2, 0.25) is 0 Å². The Morgan fingerprint density at radius 3 is 2.04 bits per heavy atom. The van der Waals surface area contributed by atoms with E-state index in [0.29, 0.717) is 81.6 Å². The number of para-hydroxylation sites is 1. The summed E-state index contributed by atoms with van der Waals surface area (Å²) >= 11 is 0. The minimum absolute atomic E-state index is 0.0136. The van der Waals surface area contributed by atoms with Crippen molar-refractivity contribution in [1.82, 2.24) is 19.6 Å². The van der Waals surface area contributed by atoms with Crippen LogP contribution in [0.25, 0.3) is 0 Å². The van der Waals surface area contributed by atoms with Gasteiger partial charge in [0, 0.05) is 64.0 Å². The molecule has 2 N–H and O–H groups in total. The topological polar surface area (TPSA) is 149 Å². The number of fused-ring (bicyclic) bond motifs is 1. The number of aryl methyl sites for hydroxylation is 2. The molecular weight excluding hydrogens is 678 g/mol. The molecule has 0 unspecified atom stereocenters. The van der Waals surface area contributed by atoms with E-state index in [1.807, 2.05) is 55.1 Å². The van der Waals surface area contributed by atoms with Gasteiger partial charge in [-0.25, -0.2) is 14.4 Å². The fraction of sp³-hybridized carbons (Fsp3) is 0.575. The van der Waals surface area contributed by atoms with Crippen molar-refractivity contribution in [2.24, 2.45) is 11.8 Å². The number of aromatic hydroxyl groups is 1. The highest BCUT2D eigenvalue weighted by Gasteiger charge is 2.38. The molecule has 2 aromatic carbocycles. The molecule has 13 nitrogen and oxygen atoms in total. The molecule has 0 bridgehead atoms. The number of urea groups is 1. The molecular formula is C40H53N5O8. The van der Waals surface area contributed by atoms with Crippen molar-refractivity contribution < 1.29 is 38.6 Å². The average molecular weight is 732 g/mol. The fourth-order valence-electron chi connectivity index (χ4n) is 8.54. The molecule has 1 atom stereocenters. The van der Waals surface area contributed by atoms with E-state index in [-0.39, 0.29) is 36.8 Å². The van der Waals surface area contributed by atoms with Crippen LogP contribution in [0.4, 0.5) is 15.3 Å². The number of nitrogens with one attached hydrogen (secondary N) is 1. The van der Waals surface area contributed by atoms with Gasteiger partial charge in [-0.15, -0.1) is 0 Å². The van der Waals surface area contributed by atoms with Crippen molar-refractivity contribution in [2.45, 2.75) is 84.3 Å². The number of likely N-dealkylation sites (tertiary alicyclic amines) is 3. The predicted molar refractivity (Wildman–Crippen MR) is 197 cm³/mol. The van der Waals surface area contributed by atoms with Gasteiger partial charge in [-0.05, 0) is 106 Å². The quantitative estimate of drug-likeness (QED) is 0.309. The molecule has 286 valence electrons. The van der Waals surface area contributed by atoms with Gasteiger partial charge in [0.25, 0.3) is 5.91 Å². The monoisotopic (exact) mass is 731 g/mol. The molecule has 13 heteroatoms. The summed E-state index contributed by atoms with van der Waals surface area (Å²) in [7, 11) is 0. The maximum absolute atomic E-state index is 14.1. The van der Waals surface area contributed by atoms with E-state index in [4.69, 9.17) is 9.47 Å². The van der Waals surface area contributed by atoms with Gasteiger partial charge < -0.3 is 39.5 Å². The summed E-state index contributed by atoms with van der Waals surface area (Å²) in [5.74, 6) is -0.616. The summed E-state index contributed by atoms with van der Waals surface area (Å²) in [4.78, 5) is 72.1. The molecule has 3 fully saturated rings. The maximum atomic E-state index is 14.1. The van der Waals surface area contributed by atoms with Crippen LogP contribution in [0.15, 0.2) is 36.4 Å². The van der Waals surface area contributed by atoms with Gasteiger partial charge in [0.15, 0.2) is 6.10 Å². The number of rotatable bonds is 7. The molecule has 0 saturated carbocycles. The van der Waals surface area contributed by atoms with Crippen LogP contribution in [0, 0.1) is 25.7 Å². The van der Waals surface area contributed by atoms with Crippen LogP contribution >= 0.6 is 0 Å². The Balaban J connectivity index is 1.05. The molecule has 5 amide bonds. The Morgan fingerprint density at radius 1 is 0.830 bits per heavy atom. The Morgan fingerprint density at radius 2 is 1.42 bits per heavy atom. The van der Waals surface area contributed by atoms with E-state index in [1.165, 1.54) is 0 Å². The number of hydrogen-bond donors (Lipinski definition) is 2. The molecule has 0 radical (unpaired) electrons. The zero-order chi connectivity index (χ0) is 37.6. The summed E-state index contributed by atoms with van der Waals surface area (Å²) in [5.41, 5.74) is 4.13. The number of anilines is 1. The van der Waals surface area contributed by atoms with Crippen LogP contribution in [-0.4, -0.2) is 119 Å². The van der Waals surface area contributed by atoms with E-state index in [1.54, 1.807) is 21.6 Å². The lowest BCUT2D eigenvalue weighted by molar-refractivity contribution is -0.160. The molecule has 53 heavy (non-hydrogen) atoms. The van der Waals surface area contributed by atoms with Crippen LogP contribution in [0.5, 0.6) is 5.75 Å². The highest BCUT2D eigenvalue weighted by Crippen LogP contribution is 2.33. The molecule has 0 spiro atoms. The van der Waals surface area contributed by atoms with Crippen molar-refractivity contribution in [2.75, 3.05) is 57.7 Å². The molecule has 0 aromatic heterocycles. The summed E-state index contributed by atoms with van der Waals surface area (Å²) < 4.78 is 10.9. The van der Waals surface area contributed by atoms with E-state index >= 15 is 0 Å². The number of ether oxygens (including phenoxy) is 2. The van der Waals surface area contributed by atoms with Gasteiger partial charge in [-0.1, -0.05) is 30.3 Å². The second-order valence-corrected chi connectivity index (χ2v) is 14.9. The second kappa shape index (κ2) is 16.9. The fourth-order valence-corrected chi connectivity index (χ4v) is 8.54. The predicted octanol–water partition coefficient (Wildman–Crippen LogP) is 4.65. The Bertz CT molecular complexity index is 1650. The van der Waals surface area contributed by atoms with E-state index in [9.17, 15) is 29.1 Å². The van der Waals surface area contributed by atoms with Crippen molar-refractivity contribution >= 4 is 35.6 Å². The first-order valence-corrected chi connectivity index (χ1v) is 19.2. The lowest BCUT2D eigenvalue weighted by Gasteiger charge is -2.41. The van der Waals surface area contributed by atoms with Crippen molar-refractivity contribution in [1.29, 1.82) is 0 Å². The number of benzene rings is 2. The third-order valence-corrected chi connectivity index (χ3v) is 11.6. The van der Waals surface area contributed by atoms with Gasteiger partial charge in [0.2, 0.25) is 0 Å². The highest BCUT2D eigenvalue weighted by atomic mass is 16.6. The van der Waals surface area contributed by atoms with Crippen LogP contribution < -0.4 is 5.32 Å². The molecule has 4 aliphatic rings. The van der Waals surface area contributed by atoms with Gasteiger partial charge in [-0.3, -0.25) is 9.59 Å². The lowest BCUT2D eigenvalue weighted by atomic mass is 9.78. The molecule has 0 aliphatic carbocycles. The SMILES string of the molecule is CCOC(=O)C(=O)N1CCC(C2CCN(C(=O)[C@@H](Cc3cc(C)c(O)c(C)c3)OC(=O)N3CCC(N4CCc5ccccc5NC4=O)CC3)CC2)CC1. The Labute approximate surface area is 311 Å². The normalized spacial score (nSPS) is 19.6. The summed E-state index contributed by atoms with van der Waals surface area (Å²) in [6.07, 6.45) is 3.80. The molecule has 4 heterocycles. The molecule has 2 aromatic rings. The van der Waals surface area contributed by atoms with Crippen LogP contribution in [-0.2, 0) is 36.7 Å². The van der Waals surface area contributed by atoms with Crippen molar-refractivity contribution in [3.63, 3.8) is 0 Å². The molecule has 6 rings (SSSR count). The molecule has 4 aliphatic heterocycles. The van der Waals surface area contributed by atoms with Crippen LogP contribution in [0.1, 0.15) is 67.7 Å². The summed E-state index contributed by atoms with van der Waals surface area (Å²) in [6.45, 7) is 9.01. The Kier molecular flexibility index (Phi) is 12.1. The minimum Gasteiger partial charge on any atom is -0.507 e. The minimum atomic E-state index is -1.04. The first-order valence-electron chi connectivity index (χ1n) is 19.2. The van der Waals surface area contributed by atoms with Gasteiger partial charge in [0.1, 0.15) is 5.75 Å². The number of carbonyl (C=O) groups excluding carboxylic acids is 5. The Hall–Kier alpha value is -4.81. The largest absolute Gasteiger partial charge is 0.507 e. The number of nitrogens with zero attached hydrogens (tertiary/aromatic N) is 4. The van der Waals surface area contributed by atoms with E-state index in [0.717, 1.165) is 48.9 Å². The standard InChI is InChI=1S/C40H53N5O8/c1-4-52-38(49)37(48)43-18-11-30(12-19-43)29-9-16-42(17-10-29)36(47)34(25-28-23-26(2)35(46)27(3)24-28)53-40(51)44-20-14-32(15-21-44)45-22-13-31-7-5-6-8-33(31)41-39(45)50/h5-8,23-24,29-30,32,34,46H,4,9-22,25H2,1-3H3,(H,41,50)/t34-/m1/s1. The third-order valence-electron chi connectivity index (χ3n) is 11.6. The number of piperidine rings is 3.